The summed E-state index contributed by atoms with van der Waals surface area (Å²) in [6.07, 6.45) is 3.17. The number of hydrogen-bond donors (Lipinski definition) is 0. The molecule has 0 aliphatic carbocycles. The first-order chi connectivity index (χ1) is 14.0. The summed E-state index contributed by atoms with van der Waals surface area (Å²) in [5, 5.41) is 0. The van der Waals surface area contributed by atoms with Crippen LogP contribution in [0.2, 0.25) is 0 Å². The second kappa shape index (κ2) is 7.89. The fourth-order valence-corrected chi connectivity index (χ4v) is 4.15. The summed E-state index contributed by atoms with van der Waals surface area (Å²) < 4.78 is 61.2. The standard InChI is InChI=1S/C22H19F4NO2/c23-17-11-18(24)21(26)19(20(17)25)14-9-15-7-4-8-16(10-14)27(15)22(28)29-12-13-5-2-1-3-6-13/h1-3,5-6,9,11,15-16H,4,7-8,10,12H2. The molecule has 1 saturated heterocycles. The molecule has 1 amide bonds. The lowest BCUT2D eigenvalue weighted by Gasteiger charge is -2.44. The number of ether oxygens (including phenoxy) is 1. The van der Waals surface area contributed by atoms with Gasteiger partial charge in [-0.1, -0.05) is 36.4 Å². The molecule has 29 heavy (non-hydrogen) atoms. The number of carbonyl (C=O) groups is 1. The van der Waals surface area contributed by atoms with Crippen LogP contribution in [0.5, 0.6) is 0 Å². The highest BCUT2D eigenvalue weighted by Gasteiger charge is 2.39. The van der Waals surface area contributed by atoms with Crippen LogP contribution in [0.3, 0.4) is 0 Å². The quantitative estimate of drug-likeness (QED) is 0.492. The summed E-state index contributed by atoms with van der Waals surface area (Å²) >= 11 is 0. The molecule has 7 heteroatoms. The van der Waals surface area contributed by atoms with E-state index in [0.717, 1.165) is 12.0 Å². The molecule has 0 spiro atoms. The minimum absolute atomic E-state index is 0.105. The van der Waals surface area contributed by atoms with Crippen LogP contribution in [0.15, 0.2) is 42.5 Å². The zero-order valence-electron chi connectivity index (χ0n) is 15.5. The van der Waals surface area contributed by atoms with Crippen molar-refractivity contribution in [2.75, 3.05) is 0 Å². The van der Waals surface area contributed by atoms with Crippen molar-refractivity contribution in [3.8, 4) is 0 Å². The van der Waals surface area contributed by atoms with Crippen molar-refractivity contribution in [3.63, 3.8) is 0 Å². The van der Waals surface area contributed by atoms with Crippen molar-refractivity contribution in [3.05, 3.63) is 76.9 Å². The monoisotopic (exact) mass is 405 g/mol. The molecule has 1 fully saturated rings. The molecular formula is C22H19F4NO2. The molecule has 2 aromatic carbocycles. The Kier molecular flexibility index (Phi) is 5.30. The topological polar surface area (TPSA) is 29.5 Å². The largest absolute Gasteiger partial charge is 0.445 e. The van der Waals surface area contributed by atoms with Gasteiger partial charge >= 0.3 is 6.09 Å². The number of halogens is 4. The van der Waals surface area contributed by atoms with Gasteiger partial charge in [0.25, 0.3) is 0 Å². The van der Waals surface area contributed by atoms with Gasteiger partial charge in [-0.25, -0.2) is 22.4 Å². The van der Waals surface area contributed by atoms with Crippen molar-refractivity contribution < 1.29 is 27.1 Å². The third kappa shape index (κ3) is 3.73. The van der Waals surface area contributed by atoms with Gasteiger partial charge in [0.2, 0.25) is 0 Å². The number of rotatable bonds is 3. The van der Waals surface area contributed by atoms with Gasteiger partial charge in [-0.05, 0) is 36.8 Å². The van der Waals surface area contributed by atoms with Gasteiger partial charge in [0.05, 0.1) is 11.6 Å². The van der Waals surface area contributed by atoms with Gasteiger partial charge in [-0.3, -0.25) is 4.90 Å². The molecule has 4 rings (SSSR count). The Morgan fingerprint density at radius 2 is 1.72 bits per heavy atom. The van der Waals surface area contributed by atoms with Gasteiger partial charge in [-0.2, -0.15) is 0 Å². The minimum Gasteiger partial charge on any atom is -0.445 e. The first-order valence-electron chi connectivity index (χ1n) is 9.48. The van der Waals surface area contributed by atoms with Gasteiger partial charge < -0.3 is 4.74 Å². The average molecular weight is 405 g/mol. The minimum atomic E-state index is -1.44. The van der Waals surface area contributed by atoms with Gasteiger partial charge in [-0.15, -0.1) is 0 Å². The molecular weight excluding hydrogens is 386 g/mol. The molecule has 0 radical (unpaired) electrons. The van der Waals surface area contributed by atoms with Crippen LogP contribution in [0, 0.1) is 23.3 Å². The number of amides is 1. The summed E-state index contributed by atoms with van der Waals surface area (Å²) in [5.41, 5.74) is 0.343. The maximum absolute atomic E-state index is 14.2. The molecule has 152 valence electrons. The molecule has 2 heterocycles. The summed E-state index contributed by atoms with van der Waals surface area (Å²) in [6.45, 7) is 0.116. The van der Waals surface area contributed by atoms with Crippen LogP contribution in [0.4, 0.5) is 22.4 Å². The molecule has 2 atom stereocenters. The third-order valence-electron chi connectivity index (χ3n) is 5.49. The van der Waals surface area contributed by atoms with E-state index in [0.29, 0.717) is 12.8 Å². The van der Waals surface area contributed by atoms with E-state index in [1.165, 1.54) is 6.08 Å². The van der Waals surface area contributed by atoms with Gasteiger partial charge in [0.15, 0.2) is 23.3 Å². The van der Waals surface area contributed by atoms with Crippen LogP contribution in [0.25, 0.3) is 5.57 Å². The molecule has 0 aromatic heterocycles. The van der Waals surface area contributed by atoms with E-state index >= 15 is 0 Å². The van der Waals surface area contributed by atoms with Crippen molar-refractivity contribution in [2.45, 2.75) is 44.4 Å². The second-order valence-electron chi connectivity index (χ2n) is 7.34. The molecule has 2 bridgehead atoms. The number of fused-ring (bicyclic) bond motifs is 2. The van der Waals surface area contributed by atoms with Crippen LogP contribution in [-0.2, 0) is 11.3 Å². The summed E-state index contributed by atoms with van der Waals surface area (Å²) in [6, 6.07) is 8.64. The van der Waals surface area contributed by atoms with E-state index < -0.39 is 41.0 Å². The maximum Gasteiger partial charge on any atom is 0.410 e. The number of piperidine rings is 1. The number of carbonyl (C=O) groups excluding carboxylic acids is 1. The van der Waals surface area contributed by atoms with Crippen LogP contribution >= 0.6 is 0 Å². The average Bonchev–Trinajstić information content (AvgIpc) is 2.71. The fraction of sp³-hybridized carbons (Fsp3) is 0.318. The fourth-order valence-electron chi connectivity index (χ4n) is 4.15. The van der Waals surface area contributed by atoms with E-state index in [-0.39, 0.29) is 30.7 Å². The Balaban J connectivity index is 1.59. The molecule has 0 N–H and O–H groups in total. The van der Waals surface area contributed by atoms with Crippen molar-refractivity contribution in [1.82, 2.24) is 4.90 Å². The Hall–Kier alpha value is -2.83. The number of hydrogen-bond acceptors (Lipinski definition) is 2. The zero-order valence-corrected chi connectivity index (χ0v) is 15.5. The molecule has 0 saturated carbocycles. The lowest BCUT2D eigenvalue weighted by Crippen LogP contribution is -2.51. The first-order valence-corrected chi connectivity index (χ1v) is 9.48. The van der Waals surface area contributed by atoms with Crippen LogP contribution < -0.4 is 0 Å². The normalized spacial score (nSPS) is 21.0. The third-order valence-corrected chi connectivity index (χ3v) is 5.49. The Morgan fingerprint density at radius 1 is 1.03 bits per heavy atom. The van der Waals surface area contributed by atoms with Gasteiger partial charge in [0.1, 0.15) is 6.61 Å². The SMILES string of the molecule is O=C(OCc1ccccc1)N1C2C=C(c3c(F)c(F)cc(F)c3F)CC1CCC2. The van der Waals surface area contributed by atoms with E-state index in [1.54, 1.807) is 4.90 Å². The highest BCUT2D eigenvalue weighted by Crippen LogP contribution is 2.39. The maximum atomic E-state index is 14.2. The Labute approximate surface area is 165 Å². The summed E-state index contributed by atoms with van der Waals surface area (Å²) in [4.78, 5) is 14.2. The molecule has 2 aliphatic heterocycles. The van der Waals surface area contributed by atoms with Crippen molar-refractivity contribution in [1.29, 1.82) is 0 Å². The van der Waals surface area contributed by atoms with Crippen LogP contribution in [-0.4, -0.2) is 23.1 Å². The molecule has 2 aliphatic rings. The predicted octanol–water partition coefficient (Wildman–Crippen LogP) is 5.59. The highest BCUT2D eigenvalue weighted by molar-refractivity contribution is 5.75. The number of benzene rings is 2. The van der Waals surface area contributed by atoms with Gasteiger partial charge in [0, 0.05) is 12.1 Å². The summed E-state index contributed by atoms with van der Waals surface area (Å²) in [5.74, 6) is -5.69. The van der Waals surface area contributed by atoms with E-state index in [2.05, 4.69) is 0 Å². The predicted molar refractivity (Wildman–Crippen MR) is 98.8 cm³/mol. The Bertz CT molecular complexity index is 935. The summed E-state index contributed by atoms with van der Waals surface area (Å²) in [7, 11) is 0. The molecule has 2 aromatic rings. The van der Waals surface area contributed by atoms with Crippen molar-refractivity contribution in [2.24, 2.45) is 0 Å². The number of nitrogens with zero attached hydrogens (tertiary/aromatic N) is 1. The Morgan fingerprint density at radius 3 is 2.38 bits per heavy atom. The zero-order chi connectivity index (χ0) is 20.5. The smallest absolute Gasteiger partial charge is 0.410 e. The van der Waals surface area contributed by atoms with E-state index in [1.807, 2.05) is 30.3 Å². The highest BCUT2D eigenvalue weighted by atomic mass is 19.2. The first kappa shape index (κ1) is 19.5. The van der Waals surface area contributed by atoms with Crippen LogP contribution in [0.1, 0.15) is 36.8 Å². The lowest BCUT2D eigenvalue weighted by molar-refractivity contribution is 0.0509. The van der Waals surface area contributed by atoms with Crippen molar-refractivity contribution >= 4 is 11.7 Å². The van der Waals surface area contributed by atoms with E-state index in [4.69, 9.17) is 4.74 Å². The molecule has 3 nitrogen and oxygen atoms in total. The lowest BCUT2D eigenvalue weighted by atomic mass is 9.82. The second-order valence-corrected chi connectivity index (χ2v) is 7.34. The van der Waals surface area contributed by atoms with E-state index in [9.17, 15) is 22.4 Å². The molecule has 2 unspecified atom stereocenters.